The van der Waals surface area contributed by atoms with Gasteiger partial charge in [0.2, 0.25) is 0 Å². The zero-order valence-electron chi connectivity index (χ0n) is 12.3. The number of nitrogen functional groups attached to an aromatic ring is 1. The van der Waals surface area contributed by atoms with E-state index in [0.29, 0.717) is 0 Å². The van der Waals surface area contributed by atoms with Crippen molar-refractivity contribution in [3.63, 3.8) is 0 Å². The van der Waals surface area contributed by atoms with Crippen LogP contribution in [0, 0.1) is 6.92 Å². The van der Waals surface area contributed by atoms with E-state index in [1.807, 2.05) is 12.1 Å². The molecule has 0 atom stereocenters. The number of rotatable bonds is 2. The number of aryl methyl sites for hydroxylation is 1. The molecule has 0 bridgehead atoms. The molecule has 0 fully saturated rings. The van der Waals surface area contributed by atoms with Gasteiger partial charge in [-0.25, -0.2) is 0 Å². The van der Waals surface area contributed by atoms with Gasteiger partial charge in [0.25, 0.3) is 0 Å². The lowest BCUT2D eigenvalue weighted by molar-refractivity contribution is 0.589. The predicted octanol–water partition coefficient (Wildman–Crippen LogP) is 4.47. The van der Waals surface area contributed by atoms with Crippen molar-refractivity contribution >= 4 is 5.69 Å². The Bertz CT molecular complexity index is 559. The van der Waals surface area contributed by atoms with Crippen molar-refractivity contribution in [2.24, 2.45) is 0 Å². The van der Waals surface area contributed by atoms with E-state index in [0.717, 1.165) is 12.1 Å². The molecule has 0 spiro atoms. The summed E-state index contributed by atoms with van der Waals surface area (Å²) in [5, 5.41) is 0. The summed E-state index contributed by atoms with van der Waals surface area (Å²) in [5.74, 6) is 0. The highest BCUT2D eigenvalue weighted by Gasteiger charge is 2.14. The predicted molar refractivity (Wildman–Crippen MR) is 83.5 cm³/mol. The number of nitrogens with two attached hydrogens (primary N) is 1. The minimum atomic E-state index is 0.198. The van der Waals surface area contributed by atoms with Crippen LogP contribution >= 0.6 is 0 Å². The number of anilines is 1. The molecule has 1 heteroatoms. The quantitative estimate of drug-likeness (QED) is 0.785. The lowest BCUT2D eigenvalue weighted by Crippen LogP contribution is -2.11. The number of benzene rings is 2. The molecular weight excluding hydrogens is 230 g/mol. The van der Waals surface area contributed by atoms with Crippen molar-refractivity contribution in [1.29, 1.82) is 0 Å². The lowest BCUT2D eigenvalue weighted by Gasteiger charge is -2.21. The van der Waals surface area contributed by atoms with E-state index in [9.17, 15) is 0 Å². The summed E-state index contributed by atoms with van der Waals surface area (Å²) in [4.78, 5) is 0. The lowest BCUT2D eigenvalue weighted by atomic mass is 9.84. The molecule has 2 aromatic carbocycles. The molecule has 2 N–H and O–H groups in total. The van der Waals surface area contributed by atoms with Crippen LogP contribution < -0.4 is 5.73 Å². The van der Waals surface area contributed by atoms with Crippen molar-refractivity contribution in [2.75, 3.05) is 5.73 Å². The maximum absolute atomic E-state index is 5.73. The van der Waals surface area contributed by atoms with Crippen LogP contribution in [0.25, 0.3) is 0 Å². The van der Waals surface area contributed by atoms with Gasteiger partial charge in [-0.2, -0.15) is 0 Å². The zero-order chi connectivity index (χ0) is 14.0. The molecule has 0 aromatic heterocycles. The van der Waals surface area contributed by atoms with Crippen LogP contribution in [0.1, 0.15) is 43.0 Å². The van der Waals surface area contributed by atoms with Gasteiger partial charge in [-0.15, -0.1) is 0 Å². The molecule has 0 aliphatic carbocycles. The van der Waals surface area contributed by atoms with Gasteiger partial charge >= 0.3 is 0 Å². The average molecular weight is 253 g/mol. The number of hydrogen-bond donors (Lipinski definition) is 1. The summed E-state index contributed by atoms with van der Waals surface area (Å²) in [6, 6.07) is 15.0. The zero-order valence-corrected chi connectivity index (χ0v) is 12.3. The van der Waals surface area contributed by atoms with E-state index >= 15 is 0 Å². The van der Waals surface area contributed by atoms with Crippen LogP contribution in [0.2, 0.25) is 0 Å². The van der Waals surface area contributed by atoms with Crippen LogP contribution in [0.4, 0.5) is 5.69 Å². The summed E-state index contributed by atoms with van der Waals surface area (Å²) in [5.41, 5.74) is 12.2. The SMILES string of the molecule is Cc1ccc(C(C)(C)C)cc1Cc1ccc(N)cc1. The van der Waals surface area contributed by atoms with Crippen molar-refractivity contribution in [3.8, 4) is 0 Å². The Hall–Kier alpha value is -1.76. The Morgan fingerprint density at radius 2 is 1.58 bits per heavy atom. The Morgan fingerprint density at radius 1 is 0.947 bits per heavy atom. The second-order valence-corrected chi connectivity index (χ2v) is 6.31. The normalized spacial score (nSPS) is 11.6. The van der Waals surface area contributed by atoms with E-state index < -0.39 is 0 Å². The average Bonchev–Trinajstić information content (AvgIpc) is 2.33. The molecule has 0 aliphatic rings. The summed E-state index contributed by atoms with van der Waals surface area (Å²) in [6.07, 6.45) is 0.968. The highest BCUT2D eigenvalue weighted by molar-refractivity contribution is 5.42. The Morgan fingerprint density at radius 3 is 2.16 bits per heavy atom. The minimum Gasteiger partial charge on any atom is -0.399 e. The maximum atomic E-state index is 5.73. The Kier molecular flexibility index (Phi) is 3.66. The van der Waals surface area contributed by atoms with E-state index in [-0.39, 0.29) is 5.41 Å². The van der Waals surface area contributed by atoms with E-state index in [1.165, 1.54) is 22.3 Å². The van der Waals surface area contributed by atoms with Crippen molar-refractivity contribution in [3.05, 3.63) is 64.7 Å². The standard InChI is InChI=1S/C18H23N/c1-13-5-8-16(18(2,3)4)12-15(13)11-14-6-9-17(19)10-7-14/h5-10,12H,11,19H2,1-4H3. The van der Waals surface area contributed by atoms with Crippen molar-refractivity contribution in [1.82, 2.24) is 0 Å². The summed E-state index contributed by atoms with van der Waals surface area (Å²) in [7, 11) is 0. The topological polar surface area (TPSA) is 26.0 Å². The molecule has 0 heterocycles. The first kappa shape index (κ1) is 13.7. The smallest absolute Gasteiger partial charge is 0.0314 e. The second kappa shape index (κ2) is 5.08. The van der Waals surface area contributed by atoms with Crippen LogP contribution in [0.15, 0.2) is 42.5 Å². The molecular formula is C18H23N. The monoisotopic (exact) mass is 253 g/mol. The van der Waals surface area contributed by atoms with Gasteiger partial charge in [0, 0.05) is 5.69 Å². The largest absolute Gasteiger partial charge is 0.399 e. The van der Waals surface area contributed by atoms with Gasteiger partial charge in [-0.1, -0.05) is 51.1 Å². The van der Waals surface area contributed by atoms with E-state index in [4.69, 9.17) is 5.73 Å². The minimum absolute atomic E-state index is 0.198. The molecule has 0 radical (unpaired) electrons. The van der Waals surface area contributed by atoms with Crippen LogP contribution in [-0.4, -0.2) is 0 Å². The third-order valence-electron chi connectivity index (χ3n) is 3.59. The summed E-state index contributed by atoms with van der Waals surface area (Å²) in [6.45, 7) is 8.94. The van der Waals surface area contributed by atoms with Gasteiger partial charge in [-0.05, 0) is 53.1 Å². The van der Waals surface area contributed by atoms with E-state index in [1.54, 1.807) is 0 Å². The third-order valence-corrected chi connectivity index (χ3v) is 3.59. The van der Waals surface area contributed by atoms with Crippen molar-refractivity contribution in [2.45, 2.75) is 39.5 Å². The summed E-state index contributed by atoms with van der Waals surface area (Å²) >= 11 is 0. The van der Waals surface area contributed by atoms with E-state index in [2.05, 4.69) is 58.0 Å². The molecule has 2 rings (SSSR count). The first-order chi connectivity index (χ1) is 8.86. The molecule has 0 aliphatic heterocycles. The molecule has 1 nitrogen and oxygen atoms in total. The van der Waals surface area contributed by atoms with Gasteiger partial charge in [0.05, 0.1) is 0 Å². The summed E-state index contributed by atoms with van der Waals surface area (Å²) < 4.78 is 0. The first-order valence-corrected chi connectivity index (χ1v) is 6.81. The first-order valence-electron chi connectivity index (χ1n) is 6.81. The maximum Gasteiger partial charge on any atom is 0.0314 e. The molecule has 19 heavy (non-hydrogen) atoms. The van der Waals surface area contributed by atoms with Crippen LogP contribution in [-0.2, 0) is 11.8 Å². The van der Waals surface area contributed by atoms with Crippen LogP contribution in [0.3, 0.4) is 0 Å². The van der Waals surface area contributed by atoms with Gasteiger partial charge in [0.15, 0.2) is 0 Å². The van der Waals surface area contributed by atoms with Crippen LogP contribution in [0.5, 0.6) is 0 Å². The van der Waals surface area contributed by atoms with Gasteiger partial charge in [0.1, 0.15) is 0 Å². The number of hydrogen-bond acceptors (Lipinski definition) is 1. The van der Waals surface area contributed by atoms with Gasteiger partial charge in [-0.3, -0.25) is 0 Å². The molecule has 0 saturated carbocycles. The van der Waals surface area contributed by atoms with Crippen molar-refractivity contribution < 1.29 is 0 Å². The molecule has 0 saturated heterocycles. The molecule has 0 unspecified atom stereocenters. The Labute approximate surface area is 116 Å². The second-order valence-electron chi connectivity index (χ2n) is 6.31. The van der Waals surface area contributed by atoms with Gasteiger partial charge < -0.3 is 5.73 Å². The highest BCUT2D eigenvalue weighted by Crippen LogP contribution is 2.25. The fraction of sp³-hybridized carbons (Fsp3) is 0.333. The fourth-order valence-corrected chi connectivity index (χ4v) is 2.18. The third kappa shape index (κ3) is 3.37. The molecule has 100 valence electrons. The fourth-order valence-electron chi connectivity index (χ4n) is 2.18. The Balaban J connectivity index is 2.31. The highest BCUT2D eigenvalue weighted by atomic mass is 14.5. The molecule has 0 amide bonds. The molecule has 2 aromatic rings.